The summed E-state index contributed by atoms with van der Waals surface area (Å²) in [5, 5.41) is 20.9. The SMILES string of the molecule is Cc1ccc(-n2nc(C(=O)O)c3c2-c2cn[nH]c2CC3)cc1. The van der Waals surface area contributed by atoms with Crippen molar-refractivity contribution in [2.75, 3.05) is 0 Å². The Morgan fingerprint density at radius 3 is 2.77 bits per heavy atom. The Kier molecular flexibility index (Phi) is 2.66. The van der Waals surface area contributed by atoms with Crippen molar-refractivity contribution in [3.05, 3.63) is 53.0 Å². The Morgan fingerprint density at radius 1 is 1.27 bits per heavy atom. The number of hydrogen-bond acceptors (Lipinski definition) is 3. The minimum Gasteiger partial charge on any atom is -0.476 e. The van der Waals surface area contributed by atoms with E-state index in [9.17, 15) is 9.90 Å². The molecule has 1 aliphatic rings. The molecule has 0 fully saturated rings. The molecule has 0 unspecified atom stereocenters. The van der Waals surface area contributed by atoms with Crippen LogP contribution < -0.4 is 0 Å². The summed E-state index contributed by atoms with van der Waals surface area (Å²) in [5.41, 5.74) is 5.69. The third kappa shape index (κ3) is 1.77. The fourth-order valence-electron chi connectivity index (χ4n) is 2.97. The van der Waals surface area contributed by atoms with Crippen LogP contribution in [0.1, 0.15) is 27.3 Å². The summed E-state index contributed by atoms with van der Waals surface area (Å²) in [6.07, 6.45) is 3.14. The molecule has 2 N–H and O–H groups in total. The second kappa shape index (κ2) is 4.56. The van der Waals surface area contributed by atoms with Crippen LogP contribution in [0.2, 0.25) is 0 Å². The van der Waals surface area contributed by atoms with Gasteiger partial charge in [0.1, 0.15) is 0 Å². The Bertz CT molecular complexity index is 874. The zero-order valence-corrected chi connectivity index (χ0v) is 12.0. The highest BCUT2D eigenvalue weighted by atomic mass is 16.4. The van der Waals surface area contributed by atoms with Crippen molar-refractivity contribution in [2.45, 2.75) is 19.8 Å². The number of aromatic amines is 1. The fraction of sp³-hybridized carbons (Fsp3) is 0.188. The number of aromatic nitrogens is 4. The zero-order valence-electron chi connectivity index (χ0n) is 12.0. The minimum atomic E-state index is -0.992. The van der Waals surface area contributed by atoms with E-state index in [1.807, 2.05) is 31.2 Å². The number of rotatable bonds is 2. The van der Waals surface area contributed by atoms with E-state index in [4.69, 9.17) is 0 Å². The van der Waals surface area contributed by atoms with Gasteiger partial charge in [0.15, 0.2) is 5.69 Å². The number of nitrogens with zero attached hydrogens (tertiary/aromatic N) is 3. The smallest absolute Gasteiger partial charge is 0.356 e. The number of H-pyrrole nitrogens is 1. The number of fused-ring (bicyclic) bond motifs is 3. The first-order valence-corrected chi connectivity index (χ1v) is 7.10. The molecule has 6 nitrogen and oxygen atoms in total. The summed E-state index contributed by atoms with van der Waals surface area (Å²) < 4.78 is 1.71. The number of aromatic carboxylic acids is 1. The molecular formula is C16H14N4O2. The summed E-state index contributed by atoms with van der Waals surface area (Å²) in [6.45, 7) is 2.01. The van der Waals surface area contributed by atoms with Crippen molar-refractivity contribution in [2.24, 2.45) is 0 Å². The Labute approximate surface area is 126 Å². The summed E-state index contributed by atoms with van der Waals surface area (Å²) >= 11 is 0. The van der Waals surface area contributed by atoms with Crippen molar-refractivity contribution in [1.29, 1.82) is 0 Å². The van der Waals surface area contributed by atoms with E-state index in [-0.39, 0.29) is 5.69 Å². The predicted molar refractivity (Wildman–Crippen MR) is 80.3 cm³/mol. The Balaban J connectivity index is 2.00. The maximum Gasteiger partial charge on any atom is 0.356 e. The first kappa shape index (κ1) is 12.8. The largest absolute Gasteiger partial charge is 0.476 e. The van der Waals surface area contributed by atoms with Gasteiger partial charge in [-0.2, -0.15) is 10.2 Å². The average Bonchev–Trinajstić information content (AvgIpc) is 3.11. The molecule has 0 aliphatic heterocycles. The van der Waals surface area contributed by atoms with Crippen LogP contribution in [-0.2, 0) is 12.8 Å². The lowest BCUT2D eigenvalue weighted by atomic mass is 9.94. The van der Waals surface area contributed by atoms with E-state index in [1.165, 1.54) is 0 Å². The molecule has 110 valence electrons. The highest BCUT2D eigenvalue weighted by Crippen LogP contribution is 2.35. The standard InChI is InChI=1S/C16H14N4O2/c1-9-2-4-10(5-3-9)20-15-11(14(19-20)16(21)22)6-7-13-12(15)8-17-18-13/h2-5,8H,6-7H2,1H3,(H,17,18)(H,21,22). The molecule has 1 aromatic carbocycles. The monoisotopic (exact) mass is 294 g/mol. The number of carboxylic acid groups (broad SMARTS) is 1. The van der Waals surface area contributed by atoms with Gasteiger partial charge in [0.05, 0.1) is 17.6 Å². The topological polar surface area (TPSA) is 83.8 Å². The van der Waals surface area contributed by atoms with Gasteiger partial charge in [-0.15, -0.1) is 0 Å². The average molecular weight is 294 g/mol. The molecule has 6 heteroatoms. The maximum atomic E-state index is 11.5. The van der Waals surface area contributed by atoms with E-state index in [0.29, 0.717) is 6.42 Å². The van der Waals surface area contributed by atoms with Gasteiger partial charge >= 0.3 is 5.97 Å². The molecule has 0 saturated heterocycles. The molecule has 22 heavy (non-hydrogen) atoms. The molecule has 0 atom stereocenters. The van der Waals surface area contributed by atoms with Crippen molar-refractivity contribution >= 4 is 5.97 Å². The maximum absolute atomic E-state index is 11.5. The van der Waals surface area contributed by atoms with Gasteiger partial charge in [-0.05, 0) is 31.9 Å². The molecule has 2 heterocycles. The van der Waals surface area contributed by atoms with Gasteiger partial charge in [-0.1, -0.05) is 17.7 Å². The van der Waals surface area contributed by atoms with E-state index >= 15 is 0 Å². The van der Waals surface area contributed by atoms with Gasteiger partial charge in [0.25, 0.3) is 0 Å². The van der Waals surface area contributed by atoms with Gasteiger partial charge in [0, 0.05) is 16.8 Å². The van der Waals surface area contributed by atoms with Crippen LogP contribution in [0, 0.1) is 6.92 Å². The van der Waals surface area contributed by atoms with Gasteiger partial charge in [-0.3, -0.25) is 5.10 Å². The number of nitrogens with one attached hydrogen (secondary N) is 1. The summed E-state index contributed by atoms with van der Waals surface area (Å²) in [5.74, 6) is -0.992. The summed E-state index contributed by atoms with van der Waals surface area (Å²) in [4.78, 5) is 11.5. The first-order valence-electron chi connectivity index (χ1n) is 7.10. The summed E-state index contributed by atoms with van der Waals surface area (Å²) in [7, 11) is 0. The second-order valence-corrected chi connectivity index (χ2v) is 5.49. The van der Waals surface area contributed by atoms with Gasteiger partial charge in [0.2, 0.25) is 0 Å². The van der Waals surface area contributed by atoms with Crippen LogP contribution in [-0.4, -0.2) is 31.1 Å². The molecular weight excluding hydrogens is 280 g/mol. The number of benzene rings is 1. The predicted octanol–water partition coefficient (Wildman–Crippen LogP) is 2.37. The van der Waals surface area contributed by atoms with Crippen molar-refractivity contribution in [3.63, 3.8) is 0 Å². The Morgan fingerprint density at radius 2 is 2.05 bits per heavy atom. The molecule has 1 aliphatic carbocycles. The Hall–Kier alpha value is -2.89. The lowest BCUT2D eigenvalue weighted by Gasteiger charge is -2.14. The van der Waals surface area contributed by atoms with Gasteiger partial charge in [-0.25, -0.2) is 9.48 Å². The number of aryl methyl sites for hydroxylation is 2. The molecule has 3 aromatic rings. The van der Waals surface area contributed by atoms with Crippen LogP contribution in [0.4, 0.5) is 0 Å². The minimum absolute atomic E-state index is 0.127. The summed E-state index contributed by atoms with van der Waals surface area (Å²) in [6, 6.07) is 7.87. The molecule has 2 aromatic heterocycles. The zero-order chi connectivity index (χ0) is 15.3. The lowest BCUT2D eigenvalue weighted by Crippen LogP contribution is -2.07. The number of carbonyl (C=O) groups is 1. The van der Waals surface area contributed by atoms with Crippen LogP contribution in [0.5, 0.6) is 0 Å². The van der Waals surface area contributed by atoms with E-state index in [2.05, 4.69) is 15.3 Å². The van der Waals surface area contributed by atoms with Crippen LogP contribution in [0.25, 0.3) is 16.9 Å². The van der Waals surface area contributed by atoms with Crippen molar-refractivity contribution in [1.82, 2.24) is 20.0 Å². The highest BCUT2D eigenvalue weighted by molar-refractivity contribution is 5.90. The van der Waals surface area contributed by atoms with Crippen LogP contribution in [0.3, 0.4) is 0 Å². The van der Waals surface area contributed by atoms with Crippen molar-refractivity contribution < 1.29 is 9.90 Å². The molecule has 0 radical (unpaired) electrons. The fourth-order valence-corrected chi connectivity index (χ4v) is 2.97. The molecule has 4 rings (SSSR count). The second-order valence-electron chi connectivity index (χ2n) is 5.49. The third-order valence-corrected chi connectivity index (χ3v) is 4.06. The van der Waals surface area contributed by atoms with E-state index < -0.39 is 5.97 Å². The quantitative estimate of drug-likeness (QED) is 0.760. The normalized spacial score (nSPS) is 12.8. The number of carboxylic acids is 1. The lowest BCUT2D eigenvalue weighted by molar-refractivity contribution is 0.0688. The molecule has 0 spiro atoms. The van der Waals surface area contributed by atoms with Crippen LogP contribution in [0.15, 0.2) is 30.5 Å². The third-order valence-electron chi connectivity index (χ3n) is 4.06. The number of hydrogen-bond donors (Lipinski definition) is 2. The van der Waals surface area contributed by atoms with Gasteiger partial charge < -0.3 is 5.11 Å². The van der Waals surface area contributed by atoms with E-state index in [0.717, 1.165) is 40.2 Å². The highest BCUT2D eigenvalue weighted by Gasteiger charge is 2.29. The molecule has 0 saturated carbocycles. The molecule has 0 bridgehead atoms. The first-order chi connectivity index (χ1) is 10.6. The van der Waals surface area contributed by atoms with E-state index in [1.54, 1.807) is 10.9 Å². The van der Waals surface area contributed by atoms with Crippen molar-refractivity contribution in [3.8, 4) is 16.9 Å². The van der Waals surface area contributed by atoms with Crippen LogP contribution >= 0.6 is 0 Å². The molecule has 0 amide bonds.